The van der Waals surface area contributed by atoms with Crippen molar-refractivity contribution in [3.8, 4) is 11.5 Å². The van der Waals surface area contributed by atoms with Crippen LogP contribution in [0.1, 0.15) is 31.1 Å². The van der Waals surface area contributed by atoms with Gasteiger partial charge >= 0.3 is 0 Å². The molecule has 0 unspecified atom stereocenters. The van der Waals surface area contributed by atoms with Crippen molar-refractivity contribution in [2.24, 2.45) is 5.41 Å². The van der Waals surface area contributed by atoms with E-state index >= 15 is 0 Å². The number of benzene rings is 1. The predicted molar refractivity (Wildman–Crippen MR) is 76.3 cm³/mol. The van der Waals surface area contributed by atoms with Crippen LogP contribution >= 0.6 is 0 Å². The first-order chi connectivity index (χ1) is 9.31. The third-order valence-electron chi connectivity index (χ3n) is 2.90. The number of methoxy groups -OCH3 is 2. The van der Waals surface area contributed by atoms with Crippen molar-refractivity contribution in [3.63, 3.8) is 0 Å². The molecule has 0 fully saturated rings. The number of Topliss-reactive ketones (excluding diaryl/α,β-unsaturated/α-hetero) is 1. The zero-order valence-electron chi connectivity index (χ0n) is 12.6. The Morgan fingerprint density at radius 2 is 1.60 bits per heavy atom. The molecule has 0 aromatic heterocycles. The van der Waals surface area contributed by atoms with Gasteiger partial charge in [-0.1, -0.05) is 26.8 Å². The van der Waals surface area contributed by atoms with E-state index in [1.807, 2.05) is 20.8 Å². The molecule has 1 aromatic carbocycles. The zero-order valence-corrected chi connectivity index (χ0v) is 12.6. The van der Waals surface area contributed by atoms with Gasteiger partial charge in [0.15, 0.2) is 5.78 Å². The van der Waals surface area contributed by atoms with Crippen LogP contribution in [0.15, 0.2) is 18.2 Å². The van der Waals surface area contributed by atoms with Crippen LogP contribution in [0.4, 0.5) is 0 Å². The molecule has 0 radical (unpaired) electrons. The minimum atomic E-state index is -0.488. The minimum Gasteiger partial charge on any atom is -0.496 e. The maximum absolute atomic E-state index is 12.2. The largest absolute Gasteiger partial charge is 0.496 e. The fraction of sp³-hybridized carbons (Fsp3) is 0.467. The third kappa shape index (κ3) is 3.73. The van der Waals surface area contributed by atoms with E-state index in [1.54, 1.807) is 18.2 Å². The van der Waals surface area contributed by atoms with Crippen LogP contribution in [-0.4, -0.2) is 32.5 Å². The molecule has 1 N–H and O–H groups in total. The Kier molecular flexibility index (Phi) is 5.13. The van der Waals surface area contributed by atoms with Gasteiger partial charge in [0, 0.05) is 5.41 Å². The van der Waals surface area contributed by atoms with Crippen molar-refractivity contribution in [1.82, 2.24) is 5.32 Å². The number of amides is 1. The molecule has 0 saturated carbocycles. The summed E-state index contributed by atoms with van der Waals surface area (Å²) in [5.74, 6) is 0.381. The summed E-state index contributed by atoms with van der Waals surface area (Å²) in [6.45, 7) is 5.41. The summed E-state index contributed by atoms with van der Waals surface area (Å²) in [6.07, 6.45) is 0. The van der Waals surface area contributed by atoms with Crippen LogP contribution in [0.2, 0.25) is 0 Å². The van der Waals surface area contributed by atoms with Gasteiger partial charge in [0.1, 0.15) is 17.1 Å². The third-order valence-corrected chi connectivity index (χ3v) is 2.90. The van der Waals surface area contributed by atoms with E-state index < -0.39 is 11.3 Å². The zero-order chi connectivity index (χ0) is 15.3. The highest BCUT2D eigenvalue weighted by Gasteiger charge is 2.23. The van der Waals surface area contributed by atoms with Crippen molar-refractivity contribution in [2.45, 2.75) is 20.8 Å². The second-order valence-corrected chi connectivity index (χ2v) is 5.39. The van der Waals surface area contributed by atoms with Crippen LogP contribution < -0.4 is 14.8 Å². The minimum absolute atomic E-state index is 0.0243. The number of ether oxygens (including phenoxy) is 2. The molecule has 0 bridgehead atoms. The first kappa shape index (κ1) is 16.0. The lowest BCUT2D eigenvalue weighted by molar-refractivity contribution is -0.125. The summed E-state index contributed by atoms with van der Waals surface area (Å²) < 4.78 is 10.3. The molecule has 0 saturated heterocycles. The average molecular weight is 279 g/mol. The van der Waals surface area contributed by atoms with Gasteiger partial charge in [0.25, 0.3) is 5.91 Å². The van der Waals surface area contributed by atoms with E-state index in [0.717, 1.165) is 0 Å². The number of nitrogens with one attached hydrogen (secondary N) is 1. The smallest absolute Gasteiger partial charge is 0.259 e. The number of carbonyl (C=O) groups excluding carboxylic acids is 2. The lowest BCUT2D eigenvalue weighted by Crippen LogP contribution is -2.35. The van der Waals surface area contributed by atoms with Gasteiger partial charge in [-0.05, 0) is 12.1 Å². The van der Waals surface area contributed by atoms with Crippen LogP contribution in [0.3, 0.4) is 0 Å². The molecule has 0 atom stereocenters. The summed E-state index contributed by atoms with van der Waals surface area (Å²) in [7, 11) is 2.96. The fourth-order valence-electron chi connectivity index (χ4n) is 1.59. The van der Waals surface area contributed by atoms with E-state index in [4.69, 9.17) is 9.47 Å². The second-order valence-electron chi connectivity index (χ2n) is 5.39. The highest BCUT2D eigenvalue weighted by molar-refractivity contribution is 6.01. The van der Waals surface area contributed by atoms with E-state index in [2.05, 4.69) is 5.32 Å². The summed E-state index contributed by atoms with van der Waals surface area (Å²) >= 11 is 0. The van der Waals surface area contributed by atoms with E-state index in [0.29, 0.717) is 17.1 Å². The number of rotatable bonds is 5. The summed E-state index contributed by atoms with van der Waals surface area (Å²) in [5, 5.41) is 2.61. The van der Waals surface area contributed by atoms with Crippen molar-refractivity contribution in [1.29, 1.82) is 0 Å². The Balaban J connectivity index is 2.90. The Labute approximate surface area is 119 Å². The molecule has 0 aliphatic carbocycles. The highest BCUT2D eigenvalue weighted by atomic mass is 16.5. The van der Waals surface area contributed by atoms with Crippen molar-refractivity contribution in [3.05, 3.63) is 23.8 Å². The Bertz CT molecular complexity index is 481. The molecule has 1 rings (SSSR count). The lowest BCUT2D eigenvalue weighted by Gasteiger charge is -2.17. The van der Waals surface area contributed by atoms with Gasteiger partial charge in [-0.25, -0.2) is 0 Å². The molecule has 5 nitrogen and oxygen atoms in total. The summed E-state index contributed by atoms with van der Waals surface area (Å²) in [5.41, 5.74) is -0.197. The lowest BCUT2D eigenvalue weighted by atomic mass is 9.91. The molecule has 20 heavy (non-hydrogen) atoms. The van der Waals surface area contributed by atoms with Gasteiger partial charge in [-0.15, -0.1) is 0 Å². The Morgan fingerprint density at radius 3 is 2.00 bits per heavy atom. The number of hydrogen-bond acceptors (Lipinski definition) is 4. The number of carbonyl (C=O) groups is 2. The van der Waals surface area contributed by atoms with Crippen molar-refractivity contribution < 1.29 is 19.1 Å². The predicted octanol–water partition coefficient (Wildman–Crippen LogP) is 2.05. The molecule has 110 valence electrons. The van der Waals surface area contributed by atoms with Gasteiger partial charge in [0.2, 0.25) is 0 Å². The van der Waals surface area contributed by atoms with Crippen LogP contribution in [0.5, 0.6) is 11.5 Å². The molecule has 0 spiro atoms. The second kappa shape index (κ2) is 6.41. The molecule has 0 heterocycles. The van der Waals surface area contributed by atoms with Crippen molar-refractivity contribution >= 4 is 11.7 Å². The summed E-state index contributed by atoms with van der Waals surface area (Å²) in [4.78, 5) is 24.0. The normalized spacial score (nSPS) is 10.8. The number of ketones is 1. The number of hydrogen-bond donors (Lipinski definition) is 1. The van der Waals surface area contributed by atoms with Gasteiger partial charge < -0.3 is 14.8 Å². The summed E-state index contributed by atoms with van der Waals surface area (Å²) in [6, 6.07) is 5.07. The van der Waals surface area contributed by atoms with Crippen LogP contribution in [-0.2, 0) is 4.79 Å². The molecule has 1 amide bonds. The molecular formula is C15H21NO4. The molecule has 1 aromatic rings. The molecular weight excluding hydrogens is 258 g/mol. The average Bonchev–Trinajstić information content (AvgIpc) is 2.42. The Hall–Kier alpha value is -2.04. The van der Waals surface area contributed by atoms with Gasteiger partial charge in [0.05, 0.1) is 20.8 Å². The van der Waals surface area contributed by atoms with Gasteiger partial charge in [-0.2, -0.15) is 0 Å². The van der Waals surface area contributed by atoms with Crippen LogP contribution in [0.25, 0.3) is 0 Å². The Morgan fingerprint density at radius 1 is 1.10 bits per heavy atom. The quantitative estimate of drug-likeness (QED) is 0.896. The molecule has 0 aliphatic heterocycles. The molecule has 0 aliphatic rings. The maximum atomic E-state index is 12.2. The topological polar surface area (TPSA) is 64.6 Å². The maximum Gasteiger partial charge on any atom is 0.259 e. The monoisotopic (exact) mass is 279 g/mol. The van der Waals surface area contributed by atoms with E-state index in [9.17, 15) is 9.59 Å². The van der Waals surface area contributed by atoms with Crippen LogP contribution in [0, 0.1) is 5.41 Å². The standard InChI is InChI=1S/C15H21NO4/c1-15(2,3)12(17)9-16-14(18)13-10(19-4)7-6-8-11(13)20-5/h6-8H,9H2,1-5H3,(H,16,18). The van der Waals surface area contributed by atoms with Crippen molar-refractivity contribution in [2.75, 3.05) is 20.8 Å². The van der Waals surface area contributed by atoms with E-state index in [1.165, 1.54) is 14.2 Å². The fourth-order valence-corrected chi connectivity index (χ4v) is 1.59. The SMILES string of the molecule is COc1cccc(OC)c1C(=O)NCC(=O)C(C)(C)C. The van der Waals surface area contributed by atoms with Gasteiger partial charge in [-0.3, -0.25) is 9.59 Å². The first-order valence-electron chi connectivity index (χ1n) is 6.33. The van der Waals surface area contributed by atoms with E-state index in [-0.39, 0.29) is 12.3 Å². The first-order valence-corrected chi connectivity index (χ1v) is 6.33. The highest BCUT2D eigenvalue weighted by Crippen LogP contribution is 2.28. The molecule has 5 heteroatoms.